The molecule has 1 unspecified atom stereocenters. The van der Waals surface area contributed by atoms with Gasteiger partial charge < -0.3 is 20.1 Å². The van der Waals surface area contributed by atoms with Crippen LogP contribution >= 0.6 is 0 Å². The number of aromatic nitrogens is 5. The lowest BCUT2D eigenvalue weighted by molar-refractivity contribution is -0.135. The van der Waals surface area contributed by atoms with Gasteiger partial charge in [-0.2, -0.15) is 14.8 Å². The van der Waals surface area contributed by atoms with Crippen molar-refractivity contribution in [3.63, 3.8) is 0 Å². The molecule has 2 N–H and O–H groups in total. The van der Waals surface area contributed by atoms with Crippen molar-refractivity contribution in [1.29, 1.82) is 0 Å². The number of likely N-dealkylation sites (N-methyl/N-ethyl adjacent to an activating group) is 1. The number of nitrogens with zero attached hydrogens (tertiary/aromatic N) is 6. The van der Waals surface area contributed by atoms with Crippen molar-refractivity contribution in [2.45, 2.75) is 25.3 Å². The number of carbonyl (C=O) groups is 2. The molecule has 10 nitrogen and oxygen atoms in total. The molecule has 0 aromatic carbocycles. The van der Waals surface area contributed by atoms with Crippen molar-refractivity contribution in [2.75, 3.05) is 33.7 Å². The summed E-state index contributed by atoms with van der Waals surface area (Å²) in [6, 6.07) is 7.51. The van der Waals surface area contributed by atoms with Gasteiger partial charge in [-0.3, -0.25) is 9.59 Å². The molecule has 0 saturated carbocycles. The molecule has 2 amide bonds. The fourth-order valence-electron chi connectivity index (χ4n) is 4.69. The molecule has 0 aliphatic carbocycles. The van der Waals surface area contributed by atoms with Crippen LogP contribution in [0.2, 0.25) is 0 Å². The minimum Gasteiger partial charge on any atom is -0.354 e. The Morgan fingerprint density at radius 2 is 2.11 bits per heavy atom. The third kappa shape index (κ3) is 4.85. The average molecular weight is 487 g/mol. The maximum Gasteiger partial charge on any atom is 0.246 e. The molecule has 0 radical (unpaired) electrons. The molecule has 4 aromatic heterocycles. The lowest BCUT2D eigenvalue weighted by Crippen LogP contribution is -2.45. The summed E-state index contributed by atoms with van der Waals surface area (Å²) in [6.07, 6.45) is 10.8. The van der Waals surface area contributed by atoms with Crippen LogP contribution in [0.25, 0.3) is 27.7 Å². The molecule has 1 saturated heterocycles. The van der Waals surface area contributed by atoms with Gasteiger partial charge in [0, 0.05) is 61.2 Å². The number of carbonyl (C=O) groups excluding carboxylic acids is 2. The number of likely N-dealkylation sites (tertiary alicyclic amines) is 1. The fourth-order valence-corrected chi connectivity index (χ4v) is 4.69. The highest BCUT2D eigenvalue weighted by atomic mass is 16.2. The van der Waals surface area contributed by atoms with Gasteiger partial charge in [-0.05, 0) is 56.8 Å². The molecule has 4 aromatic rings. The summed E-state index contributed by atoms with van der Waals surface area (Å²) in [5.41, 5.74) is 4.70. The molecule has 186 valence electrons. The highest BCUT2D eigenvalue weighted by Gasteiger charge is 2.32. The first-order chi connectivity index (χ1) is 17.5. The normalized spacial score (nSPS) is 16.1. The largest absolute Gasteiger partial charge is 0.354 e. The zero-order valence-electron chi connectivity index (χ0n) is 20.5. The van der Waals surface area contributed by atoms with Crippen LogP contribution in [0.4, 0.5) is 0 Å². The third-order valence-electron chi connectivity index (χ3n) is 6.44. The average Bonchev–Trinajstić information content (AvgIpc) is 3.61. The quantitative estimate of drug-likeness (QED) is 0.369. The lowest BCUT2D eigenvalue weighted by atomic mass is 10.1. The molecule has 5 heterocycles. The van der Waals surface area contributed by atoms with Crippen LogP contribution in [0, 0.1) is 0 Å². The minimum absolute atomic E-state index is 0.101. The zero-order chi connectivity index (χ0) is 25.1. The Kier molecular flexibility index (Phi) is 6.77. The van der Waals surface area contributed by atoms with Gasteiger partial charge >= 0.3 is 0 Å². The second-order valence-electron chi connectivity index (χ2n) is 9.27. The summed E-state index contributed by atoms with van der Waals surface area (Å²) in [5, 5.41) is 12.6. The Morgan fingerprint density at radius 1 is 1.22 bits per heavy atom. The number of hydrogen-bond acceptors (Lipinski definition) is 6. The highest BCUT2D eigenvalue weighted by molar-refractivity contribution is 5.97. The standard InChI is InChI=1S/C26H30N8O2/c1-32(2)14-5-8-24(35)33-15-4-7-23(33)26(36)28-12-9-18-16-20-19(10-13-27-25(20)31-18)21-17-30-34-22(21)6-3-11-29-34/h3,5-6,8,10-11,13,16-17,23H,4,7,9,12,14-15H2,1-2H3,(H,27,31)(H,28,36). The van der Waals surface area contributed by atoms with Gasteiger partial charge in [0.05, 0.1) is 11.7 Å². The molecule has 0 spiro atoms. The van der Waals surface area contributed by atoms with E-state index in [1.54, 1.807) is 28.0 Å². The van der Waals surface area contributed by atoms with Gasteiger partial charge in [-0.25, -0.2) is 4.98 Å². The first-order valence-corrected chi connectivity index (χ1v) is 12.2. The van der Waals surface area contributed by atoms with Crippen molar-refractivity contribution in [3.05, 3.63) is 60.7 Å². The van der Waals surface area contributed by atoms with Gasteiger partial charge in [-0.1, -0.05) is 6.08 Å². The van der Waals surface area contributed by atoms with Gasteiger partial charge in [0.15, 0.2) is 0 Å². The van der Waals surface area contributed by atoms with Crippen LogP contribution in [0.1, 0.15) is 18.5 Å². The SMILES string of the molecule is CN(C)CC=CC(=O)N1CCCC1C(=O)NCCc1cc2c(-c3cnn4ncccc34)ccnc2[nH]1. The van der Waals surface area contributed by atoms with Crippen LogP contribution in [0.3, 0.4) is 0 Å². The number of amides is 2. The number of nitrogens with one attached hydrogen (secondary N) is 2. The monoisotopic (exact) mass is 486 g/mol. The molecule has 1 aliphatic rings. The summed E-state index contributed by atoms with van der Waals surface area (Å²) in [5.74, 6) is -0.206. The Bertz CT molecular complexity index is 1420. The van der Waals surface area contributed by atoms with E-state index in [2.05, 4.69) is 31.5 Å². The minimum atomic E-state index is -0.415. The Hall–Kier alpha value is -4.05. The van der Waals surface area contributed by atoms with Crippen LogP contribution in [0.15, 0.2) is 55.0 Å². The van der Waals surface area contributed by atoms with Crippen molar-refractivity contribution < 1.29 is 9.59 Å². The Labute approximate surface area is 209 Å². The summed E-state index contributed by atoms with van der Waals surface area (Å²) in [6.45, 7) is 1.77. The highest BCUT2D eigenvalue weighted by Crippen LogP contribution is 2.30. The van der Waals surface area contributed by atoms with Crippen molar-refractivity contribution in [2.24, 2.45) is 0 Å². The first-order valence-electron chi connectivity index (χ1n) is 12.2. The number of aromatic amines is 1. The lowest BCUT2D eigenvalue weighted by Gasteiger charge is -2.22. The fraction of sp³-hybridized carbons (Fsp3) is 0.346. The number of pyridine rings is 1. The molecule has 36 heavy (non-hydrogen) atoms. The van der Waals surface area contributed by atoms with E-state index in [4.69, 9.17) is 0 Å². The van der Waals surface area contributed by atoms with Crippen LogP contribution in [-0.2, 0) is 16.0 Å². The van der Waals surface area contributed by atoms with E-state index >= 15 is 0 Å². The molecule has 1 fully saturated rings. The first kappa shape index (κ1) is 23.7. The molecular weight excluding hydrogens is 456 g/mol. The maximum absolute atomic E-state index is 12.9. The number of H-pyrrole nitrogens is 1. The number of hydrogen-bond donors (Lipinski definition) is 2. The Morgan fingerprint density at radius 3 is 2.97 bits per heavy atom. The number of rotatable bonds is 8. The molecular formula is C26H30N8O2. The predicted octanol–water partition coefficient (Wildman–Crippen LogP) is 2.04. The predicted molar refractivity (Wildman–Crippen MR) is 137 cm³/mol. The van der Waals surface area contributed by atoms with Gasteiger partial charge in [0.25, 0.3) is 0 Å². The van der Waals surface area contributed by atoms with E-state index in [1.807, 2.05) is 49.5 Å². The van der Waals surface area contributed by atoms with Crippen molar-refractivity contribution in [1.82, 2.24) is 39.9 Å². The number of fused-ring (bicyclic) bond motifs is 2. The zero-order valence-corrected chi connectivity index (χ0v) is 20.5. The second kappa shape index (κ2) is 10.3. The molecule has 10 heteroatoms. The van der Waals surface area contributed by atoms with Crippen LogP contribution < -0.4 is 5.32 Å². The van der Waals surface area contributed by atoms with E-state index in [9.17, 15) is 9.59 Å². The molecule has 0 bridgehead atoms. The van der Waals surface area contributed by atoms with Gasteiger partial charge in [0.1, 0.15) is 11.7 Å². The van der Waals surface area contributed by atoms with Gasteiger partial charge in [-0.15, -0.1) is 0 Å². The maximum atomic E-state index is 12.9. The molecule has 5 rings (SSSR count). The topological polar surface area (TPSA) is 112 Å². The van der Waals surface area contributed by atoms with E-state index in [0.717, 1.165) is 39.8 Å². The third-order valence-corrected chi connectivity index (χ3v) is 6.44. The second-order valence-corrected chi connectivity index (χ2v) is 9.27. The van der Waals surface area contributed by atoms with E-state index in [1.165, 1.54) is 0 Å². The van der Waals surface area contributed by atoms with Gasteiger partial charge in [0.2, 0.25) is 11.8 Å². The van der Waals surface area contributed by atoms with E-state index in [-0.39, 0.29) is 11.8 Å². The van der Waals surface area contributed by atoms with Crippen molar-refractivity contribution >= 4 is 28.4 Å². The van der Waals surface area contributed by atoms with E-state index < -0.39 is 6.04 Å². The van der Waals surface area contributed by atoms with Crippen LogP contribution in [0.5, 0.6) is 0 Å². The van der Waals surface area contributed by atoms with Crippen LogP contribution in [-0.4, -0.2) is 86.2 Å². The van der Waals surface area contributed by atoms with E-state index in [0.29, 0.717) is 32.5 Å². The van der Waals surface area contributed by atoms with Crippen molar-refractivity contribution in [3.8, 4) is 11.1 Å². The smallest absolute Gasteiger partial charge is 0.246 e. The Balaban J connectivity index is 1.24. The summed E-state index contributed by atoms with van der Waals surface area (Å²) in [7, 11) is 3.89. The summed E-state index contributed by atoms with van der Waals surface area (Å²) in [4.78, 5) is 36.9. The summed E-state index contributed by atoms with van der Waals surface area (Å²) < 4.78 is 1.61. The molecule has 1 atom stereocenters. The molecule has 1 aliphatic heterocycles. The summed E-state index contributed by atoms with van der Waals surface area (Å²) >= 11 is 0.